The standard InChI is InChI=1S/C11H16O6/c12-8(13)5-11(6-9(14)15)3-1-7(2-4-11)10(16)17/h7H,1-6H2,(H,12,13)(H,14,15)(H,16,17). The van der Waals surface area contributed by atoms with Gasteiger partial charge in [-0.2, -0.15) is 0 Å². The predicted molar refractivity (Wildman–Crippen MR) is 56.5 cm³/mol. The Morgan fingerprint density at radius 3 is 1.65 bits per heavy atom. The first-order valence-corrected chi connectivity index (χ1v) is 5.51. The fraction of sp³-hybridized carbons (Fsp3) is 0.727. The number of rotatable bonds is 5. The summed E-state index contributed by atoms with van der Waals surface area (Å²) in [4.78, 5) is 32.3. The highest BCUT2D eigenvalue weighted by atomic mass is 16.4. The number of carboxylic acids is 3. The average Bonchev–Trinajstić information content (AvgIpc) is 2.15. The van der Waals surface area contributed by atoms with E-state index in [1.54, 1.807) is 0 Å². The second kappa shape index (κ2) is 5.16. The van der Waals surface area contributed by atoms with Crippen molar-refractivity contribution in [3.8, 4) is 0 Å². The van der Waals surface area contributed by atoms with Gasteiger partial charge in [-0.25, -0.2) is 0 Å². The van der Waals surface area contributed by atoms with Crippen molar-refractivity contribution in [3.63, 3.8) is 0 Å². The van der Waals surface area contributed by atoms with Crippen LogP contribution in [0.25, 0.3) is 0 Å². The summed E-state index contributed by atoms with van der Waals surface area (Å²) in [6, 6.07) is 0. The van der Waals surface area contributed by atoms with Crippen molar-refractivity contribution < 1.29 is 29.7 Å². The van der Waals surface area contributed by atoms with Gasteiger partial charge >= 0.3 is 17.9 Å². The summed E-state index contributed by atoms with van der Waals surface area (Å²) in [5, 5.41) is 26.5. The maximum Gasteiger partial charge on any atom is 0.306 e. The number of aliphatic carboxylic acids is 3. The SMILES string of the molecule is O=C(O)CC1(CC(=O)O)CCC(C(=O)O)CC1. The van der Waals surface area contributed by atoms with E-state index in [1.807, 2.05) is 0 Å². The van der Waals surface area contributed by atoms with E-state index in [-0.39, 0.29) is 12.8 Å². The van der Waals surface area contributed by atoms with Crippen molar-refractivity contribution in [3.05, 3.63) is 0 Å². The molecule has 17 heavy (non-hydrogen) atoms. The Balaban J connectivity index is 2.71. The zero-order valence-corrected chi connectivity index (χ0v) is 9.39. The van der Waals surface area contributed by atoms with Crippen LogP contribution < -0.4 is 0 Å². The van der Waals surface area contributed by atoms with Crippen molar-refractivity contribution >= 4 is 17.9 Å². The molecule has 0 aromatic carbocycles. The molecule has 0 aliphatic heterocycles. The van der Waals surface area contributed by atoms with Gasteiger partial charge in [0.15, 0.2) is 0 Å². The fourth-order valence-electron chi connectivity index (χ4n) is 2.53. The summed E-state index contributed by atoms with van der Waals surface area (Å²) in [5.74, 6) is -3.41. The lowest BCUT2D eigenvalue weighted by atomic mass is 9.67. The lowest BCUT2D eigenvalue weighted by Crippen LogP contribution is -2.34. The maximum atomic E-state index is 10.8. The molecule has 3 N–H and O–H groups in total. The lowest BCUT2D eigenvalue weighted by molar-refractivity contribution is -0.147. The molecule has 0 radical (unpaired) electrons. The van der Waals surface area contributed by atoms with E-state index >= 15 is 0 Å². The van der Waals surface area contributed by atoms with Gasteiger partial charge in [0.25, 0.3) is 0 Å². The van der Waals surface area contributed by atoms with E-state index in [4.69, 9.17) is 15.3 Å². The second-order valence-corrected chi connectivity index (χ2v) is 4.75. The van der Waals surface area contributed by atoms with Gasteiger partial charge in [-0.3, -0.25) is 14.4 Å². The topological polar surface area (TPSA) is 112 Å². The number of hydrogen-bond acceptors (Lipinski definition) is 3. The molecular weight excluding hydrogens is 228 g/mol. The van der Waals surface area contributed by atoms with Crippen molar-refractivity contribution in [2.24, 2.45) is 11.3 Å². The lowest BCUT2D eigenvalue weighted by Gasteiger charge is -2.37. The largest absolute Gasteiger partial charge is 0.481 e. The van der Waals surface area contributed by atoms with Crippen molar-refractivity contribution in [1.29, 1.82) is 0 Å². The third kappa shape index (κ3) is 3.72. The third-order valence-corrected chi connectivity index (χ3v) is 3.45. The van der Waals surface area contributed by atoms with Gasteiger partial charge in [0.2, 0.25) is 0 Å². The van der Waals surface area contributed by atoms with E-state index in [2.05, 4.69) is 0 Å². The molecule has 0 aromatic heterocycles. The van der Waals surface area contributed by atoms with E-state index in [0.29, 0.717) is 25.7 Å². The van der Waals surface area contributed by atoms with Gasteiger partial charge in [0.1, 0.15) is 0 Å². The number of hydrogen-bond donors (Lipinski definition) is 3. The molecule has 96 valence electrons. The minimum atomic E-state index is -1.03. The molecule has 1 fully saturated rings. The van der Waals surface area contributed by atoms with Crippen LogP contribution in [0.2, 0.25) is 0 Å². The molecule has 0 bridgehead atoms. The van der Waals surface area contributed by atoms with Gasteiger partial charge in [-0.15, -0.1) is 0 Å². The Kier molecular flexibility index (Phi) is 4.09. The summed E-state index contributed by atoms with van der Waals surface area (Å²) in [6.07, 6.45) is 1.01. The van der Waals surface area contributed by atoms with Crippen LogP contribution in [0.4, 0.5) is 0 Å². The smallest absolute Gasteiger partial charge is 0.306 e. The Morgan fingerprint density at radius 1 is 0.941 bits per heavy atom. The van der Waals surface area contributed by atoms with Gasteiger partial charge in [0, 0.05) is 0 Å². The van der Waals surface area contributed by atoms with Crippen LogP contribution in [0.3, 0.4) is 0 Å². The highest BCUT2D eigenvalue weighted by molar-refractivity contribution is 5.73. The maximum absolute atomic E-state index is 10.8. The minimum Gasteiger partial charge on any atom is -0.481 e. The summed E-state index contributed by atoms with van der Waals surface area (Å²) in [7, 11) is 0. The van der Waals surface area contributed by atoms with E-state index in [0.717, 1.165) is 0 Å². The molecule has 0 unspecified atom stereocenters. The highest BCUT2D eigenvalue weighted by Crippen LogP contribution is 2.44. The van der Waals surface area contributed by atoms with E-state index < -0.39 is 29.2 Å². The molecule has 1 aliphatic rings. The Morgan fingerprint density at radius 2 is 1.35 bits per heavy atom. The van der Waals surface area contributed by atoms with Crippen LogP contribution in [0.1, 0.15) is 38.5 Å². The van der Waals surface area contributed by atoms with Gasteiger partial charge in [-0.1, -0.05) is 0 Å². The van der Waals surface area contributed by atoms with Crippen molar-refractivity contribution in [1.82, 2.24) is 0 Å². The molecule has 0 amide bonds. The van der Waals surface area contributed by atoms with E-state index in [9.17, 15) is 14.4 Å². The molecule has 0 aromatic rings. The Hall–Kier alpha value is -1.59. The van der Waals surface area contributed by atoms with Crippen LogP contribution in [-0.2, 0) is 14.4 Å². The second-order valence-electron chi connectivity index (χ2n) is 4.75. The Bertz CT molecular complexity index is 309. The zero-order valence-electron chi connectivity index (χ0n) is 9.39. The van der Waals surface area contributed by atoms with Crippen LogP contribution >= 0.6 is 0 Å². The molecule has 1 aliphatic carbocycles. The Labute approximate surface area is 98.3 Å². The molecule has 0 saturated heterocycles. The monoisotopic (exact) mass is 244 g/mol. The molecule has 1 saturated carbocycles. The van der Waals surface area contributed by atoms with Crippen molar-refractivity contribution in [2.75, 3.05) is 0 Å². The third-order valence-electron chi connectivity index (χ3n) is 3.45. The summed E-state index contributed by atoms with van der Waals surface area (Å²) < 4.78 is 0. The van der Waals surface area contributed by atoms with Crippen LogP contribution in [0.15, 0.2) is 0 Å². The average molecular weight is 244 g/mol. The molecular formula is C11H16O6. The van der Waals surface area contributed by atoms with Gasteiger partial charge in [0.05, 0.1) is 18.8 Å². The van der Waals surface area contributed by atoms with Crippen LogP contribution in [-0.4, -0.2) is 33.2 Å². The minimum absolute atomic E-state index is 0.203. The molecule has 1 rings (SSSR count). The van der Waals surface area contributed by atoms with Crippen LogP contribution in [0, 0.1) is 11.3 Å². The number of carbonyl (C=O) groups is 3. The number of carboxylic acid groups (broad SMARTS) is 3. The fourth-order valence-corrected chi connectivity index (χ4v) is 2.53. The van der Waals surface area contributed by atoms with Gasteiger partial charge < -0.3 is 15.3 Å². The quantitative estimate of drug-likeness (QED) is 0.669. The van der Waals surface area contributed by atoms with Gasteiger partial charge in [-0.05, 0) is 31.1 Å². The normalized spacial score (nSPS) is 19.8. The first kappa shape index (κ1) is 13.5. The molecule has 6 nitrogen and oxygen atoms in total. The molecule has 6 heteroatoms. The van der Waals surface area contributed by atoms with Crippen LogP contribution in [0.5, 0.6) is 0 Å². The molecule has 0 heterocycles. The predicted octanol–water partition coefficient (Wildman–Crippen LogP) is 1.20. The van der Waals surface area contributed by atoms with Crippen molar-refractivity contribution in [2.45, 2.75) is 38.5 Å². The molecule has 0 spiro atoms. The summed E-state index contributed by atoms with van der Waals surface area (Å²) in [5.41, 5.74) is -0.774. The van der Waals surface area contributed by atoms with E-state index in [1.165, 1.54) is 0 Å². The zero-order chi connectivity index (χ0) is 13.1. The highest BCUT2D eigenvalue weighted by Gasteiger charge is 2.40. The summed E-state index contributed by atoms with van der Waals surface area (Å²) >= 11 is 0. The first-order chi connectivity index (χ1) is 7.84. The molecule has 0 atom stereocenters. The first-order valence-electron chi connectivity index (χ1n) is 5.51. The summed E-state index contributed by atoms with van der Waals surface area (Å²) in [6.45, 7) is 0.